The molecule has 0 aliphatic carbocycles. The van der Waals surface area contributed by atoms with Crippen LogP contribution in [-0.4, -0.2) is 35.5 Å². The number of carbonyl (C=O) groups is 1. The van der Waals surface area contributed by atoms with Gasteiger partial charge in [0.15, 0.2) is 6.61 Å². The van der Waals surface area contributed by atoms with Crippen LogP contribution in [0.5, 0.6) is 5.75 Å². The van der Waals surface area contributed by atoms with Crippen molar-refractivity contribution in [2.24, 2.45) is 0 Å². The van der Waals surface area contributed by atoms with Crippen LogP contribution < -0.4 is 4.74 Å². The number of likely N-dealkylation sites (tertiary alicyclic amines) is 1. The largest absolute Gasteiger partial charge is 0.484 e. The first kappa shape index (κ1) is 15.9. The fourth-order valence-corrected chi connectivity index (χ4v) is 3.66. The molecule has 1 fully saturated rings. The molecule has 1 aromatic carbocycles. The SMILES string of the molecule is Cc1cnc([C@@H]2CCCN(C(=O)COc3cccc(F)c3)C2)s1. The van der Waals surface area contributed by atoms with Gasteiger partial charge in [-0.2, -0.15) is 0 Å². The van der Waals surface area contributed by atoms with E-state index in [1.165, 1.54) is 17.0 Å². The lowest BCUT2D eigenvalue weighted by Crippen LogP contribution is -2.41. The van der Waals surface area contributed by atoms with E-state index < -0.39 is 0 Å². The normalized spacial score (nSPS) is 18.0. The lowest BCUT2D eigenvalue weighted by molar-refractivity contribution is -0.134. The molecule has 2 heterocycles. The van der Waals surface area contributed by atoms with E-state index in [9.17, 15) is 9.18 Å². The topological polar surface area (TPSA) is 42.4 Å². The van der Waals surface area contributed by atoms with E-state index in [4.69, 9.17) is 4.74 Å². The van der Waals surface area contributed by atoms with Crippen molar-refractivity contribution in [1.82, 2.24) is 9.88 Å². The molecular formula is C17H19FN2O2S. The molecular weight excluding hydrogens is 315 g/mol. The standard InChI is InChI=1S/C17H19FN2O2S/c1-12-9-19-17(23-12)13-4-3-7-20(10-13)16(21)11-22-15-6-2-5-14(18)8-15/h2,5-6,8-9,13H,3-4,7,10-11H2,1H3/t13-/m1/s1. The number of thiazole rings is 1. The number of aryl methyl sites for hydroxylation is 1. The lowest BCUT2D eigenvalue weighted by Gasteiger charge is -2.31. The van der Waals surface area contributed by atoms with E-state index in [1.807, 2.05) is 18.0 Å². The zero-order valence-electron chi connectivity index (χ0n) is 13.0. The maximum absolute atomic E-state index is 13.1. The fraction of sp³-hybridized carbons (Fsp3) is 0.412. The van der Waals surface area contributed by atoms with Gasteiger partial charge in [0.05, 0.1) is 5.01 Å². The van der Waals surface area contributed by atoms with Crippen molar-refractivity contribution in [1.29, 1.82) is 0 Å². The first-order valence-electron chi connectivity index (χ1n) is 7.70. The van der Waals surface area contributed by atoms with Gasteiger partial charge in [-0.25, -0.2) is 9.37 Å². The number of carbonyl (C=O) groups excluding carboxylic acids is 1. The maximum Gasteiger partial charge on any atom is 0.260 e. The molecule has 0 spiro atoms. The maximum atomic E-state index is 13.1. The molecule has 0 N–H and O–H groups in total. The van der Waals surface area contributed by atoms with Crippen molar-refractivity contribution in [2.75, 3.05) is 19.7 Å². The third-order valence-electron chi connectivity index (χ3n) is 3.92. The van der Waals surface area contributed by atoms with Crippen molar-refractivity contribution >= 4 is 17.2 Å². The minimum absolute atomic E-state index is 0.0624. The third kappa shape index (κ3) is 4.07. The van der Waals surface area contributed by atoms with Crippen molar-refractivity contribution < 1.29 is 13.9 Å². The second-order valence-corrected chi connectivity index (χ2v) is 7.00. The van der Waals surface area contributed by atoms with Gasteiger partial charge in [0, 0.05) is 36.1 Å². The van der Waals surface area contributed by atoms with E-state index in [0.29, 0.717) is 18.2 Å². The van der Waals surface area contributed by atoms with Gasteiger partial charge in [-0.05, 0) is 31.9 Å². The highest BCUT2D eigenvalue weighted by Gasteiger charge is 2.26. The predicted molar refractivity (Wildman–Crippen MR) is 87.3 cm³/mol. The molecule has 1 aromatic heterocycles. The summed E-state index contributed by atoms with van der Waals surface area (Å²) in [5.41, 5.74) is 0. The van der Waals surface area contributed by atoms with Crippen LogP contribution in [0.15, 0.2) is 30.5 Å². The molecule has 0 unspecified atom stereocenters. The molecule has 23 heavy (non-hydrogen) atoms. The Balaban J connectivity index is 1.56. The zero-order chi connectivity index (χ0) is 16.2. The molecule has 2 aromatic rings. The average molecular weight is 334 g/mol. The number of ether oxygens (including phenoxy) is 1. The summed E-state index contributed by atoms with van der Waals surface area (Å²) in [6, 6.07) is 5.84. The highest BCUT2D eigenvalue weighted by Crippen LogP contribution is 2.29. The van der Waals surface area contributed by atoms with Crippen LogP contribution in [0.25, 0.3) is 0 Å². The number of piperidine rings is 1. The van der Waals surface area contributed by atoms with E-state index >= 15 is 0 Å². The minimum atomic E-state index is -0.368. The van der Waals surface area contributed by atoms with Crippen LogP contribution in [0.4, 0.5) is 4.39 Å². The lowest BCUT2D eigenvalue weighted by atomic mass is 9.99. The number of benzene rings is 1. The average Bonchev–Trinajstić information content (AvgIpc) is 2.99. The van der Waals surface area contributed by atoms with E-state index in [0.717, 1.165) is 24.4 Å². The van der Waals surface area contributed by atoms with E-state index in [2.05, 4.69) is 4.98 Å². The summed E-state index contributed by atoms with van der Waals surface area (Å²) < 4.78 is 18.5. The smallest absolute Gasteiger partial charge is 0.260 e. The van der Waals surface area contributed by atoms with Crippen LogP contribution in [0.2, 0.25) is 0 Å². The number of halogens is 1. The van der Waals surface area contributed by atoms with Gasteiger partial charge >= 0.3 is 0 Å². The number of hydrogen-bond acceptors (Lipinski definition) is 4. The van der Waals surface area contributed by atoms with Crippen molar-refractivity contribution in [2.45, 2.75) is 25.7 Å². The summed E-state index contributed by atoms with van der Waals surface area (Å²) in [5.74, 6) is 0.252. The number of rotatable bonds is 4. The first-order valence-corrected chi connectivity index (χ1v) is 8.52. The van der Waals surface area contributed by atoms with Gasteiger partial charge in [-0.15, -0.1) is 11.3 Å². The molecule has 1 aliphatic rings. The Labute approximate surface area is 138 Å². The highest BCUT2D eigenvalue weighted by molar-refractivity contribution is 7.11. The second kappa shape index (κ2) is 7.08. The van der Waals surface area contributed by atoms with Gasteiger partial charge in [0.25, 0.3) is 5.91 Å². The van der Waals surface area contributed by atoms with Gasteiger partial charge < -0.3 is 9.64 Å². The van der Waals surface area contributed by atoms with Crippen LogP contribution in [0, 0.1) is 12.7 Å². The quantitative estimate of drug-likeness (QED) is 0.861. The predicted octanol–water partition coefficient (Wildman–Crippen LogP) is 3.38. The van der Waals surface area contributed by atoms with Crippen LogP contribution in [-0.2, 0) is 4.79 Å². The summed E-state index contributed by atoms with van der Waals surface area (Å²) in [6.45, 7) is 3.40. The molecule has 0 radical (unpaired) electrons. The Morgan fingerprint density at radius 2 is 2.39 bits per heavy atom. The van der Waals surface area contributed by atoms with Gasteiger partial charge in [0.2, 0.25) is 0 Å². The summed E-state index contributed by atoms with van der Waals surface area (Å²) in [7, 11) is 0. The minimum Gasteiger partial charge on any atom is -0.484 e. The molecule has 1 aliphatic heterocycles. The first-order chi connectivity index (χ1) is 11.1. The molecule has 6 heteroatoms. The molecule has 1 atom stereocenters. The molecule has 0 bridgehead atoms. The Morgan fingerprint density at radius 3 is 3.13 bits per heavy atom. The Morgan fingerprint density at radius 1 is 1.52 bits per heavy atom. The second-order valence-electron chi connectivity index (χ2n) is 5.73. The number of aromatic nitrogens is 1. The van der Waals surface area contributed by atoms with Gasteiger partial charge in [-0.3, -0.25) is 4.79 Å². The van der Waals surface area contributed by atoms with Gasteiger partial charge in [-0.1, -0.05) is 6.07 Å². The number of nitrogens with zero attached hydrogens (tertiary/aromatic N) is 2. The molecule has 0 saturated carbocycles. The summed E-state index contributed by atoms with van der Waals surface area (Å²) in [6.07, 6.45) is 3.91. The molecule has 1 amide bonds. The molecule has 1 saturated heterocycles. The fourth-order valence-electron chi connectivity index (χ4n) is 2.76. The van der Waals surface area contributed by atoms with Crippen LogP contribution in [0.1, 0.15) is 28.6 Å². The Kier molecular flexibility index (Phi) is 4.91. The Hall–Kier alpha value is -1.95. The zero-order valence-corrected chi connectivity index (χ0v) is 13.8. The summed E-state index contributed by atoms with van der Waals surface area (Å²) >= 11 is 1.70. The van der Waals surface area contributed by atoms with Crippen molar-refractivity contribution in [3.8, 4) is 5.75 Å². The molecule has 3 rings (SSSR count). The van der Waals surface area contributed by atoms with Crippen molar-refractivity contribution in [3.63, 3.8) is 0 Å². The van der Waals surface area contributed by atoms with Crippen LogP contribution in [0.3, 0.4) is 0 Å². The molecule has 4 nitrogen and oxygen atoms in total. The third-order valence-corrected chi connectivity index (χ3v) is 5.00. The number of amides is 1. The monoisotopic (exact) mass is 334 g/mol. The summed E-state index contributed by atoms with van der Waals surface area (Å²) in [4.78, 5) is 19.8. The van der Waals surface area contributed by atoms with Gasteiger partial charge in [0.1, 0.15) is 11.6 Å². The Bertz CT molecular complexity index is 689. The number of hydrogen-bond donors (Lipinski definition) is 0. The van der Waals surface area contributed by atoms with Crippen molar-refractivity contribution in [3.05, 3.63) is 46.2 Å². The van der Waals surface area contributed by atoms with E-state index in [1.54, 1.807) is 23.5 Å². The highest BCUT2D eigenvalue weighted by atomic mass is 32.1. The molecule has 122 valence electrons. The summed E-state index contributed by atoms with van der Waals surface area (Å²) in [5, 5.41) is 1.10. The van der Waals surface area contributed by atoms with E-state index in [-0.39, 0.29) is 18.3 Å². The van der Waals surface area contributed by atoms with Crippen LogP contribution >= 0.6 is 11.3 Å².